The molecule has 0 radical (unpaired) electrons. The summed E-state index contributed by atoms with van der Waals surface area (Å²) in [5, 5.41) is 5.61. The summed E-state index contributed by atoms with van der Waals surface area (Å²) in [5.74, 6) is -3.08. The van der Waals surface area contributed by atoms with E-state index in [-0.39, 0.29) is 39.9 Å². The highest BCUT2D eigenvalue weighted by Crippen LogP contribution is 2.35. The molecule has 0 aliphatic heterocycles. The van der Waals surface area contributed by atoms with Gasteiger partial charge in [-0.2, -0.15) is 23.1 Å². The van der Waals surface area contributed by atoms with Crippen LogP contribution in [0.3, 0.4) is 0 Å². The number of rotatable bonds is 7. The summed E-state index contributed by atoms with van der Waals surface area (Å²) in [6, 6.07) is 9.58. The zero-order valence-corrected chi connectivity index (χ0v) is 18.6. The van der Waals surface area contributed by atoms with Gasteiger partial charge in [0.05, 0.1) is 16.8 Å². The molecule has 4 aromatic rings. The van der Waals surface area contributed by atoms with Gasteiger partial charge in [-0.05, 0) is 30.3 Å². The van der Waals surface area contributed by atoms with Crippen molar-refractivity contribution < 1.29 is 32.8 Å². The number of hydrogen-bond acceptors (Lipinski definition) is 7. The second-order valence-electron chi connectivity index (χ2n) is 7.36. The molecule has 0 saturated heterocycles. The fourth-order valence-corrected chi connectivity index (χ4v) is 3.07. The fraction of sp³-hybridized carbons (Fsp3) is 0.0476. The van der Waals surface area contributed by atoms with E-state index in [1.165, 1.54) is 30.3 Å². The number of aliphatic imine (C=N–C) groups is 1. The Balaban J connectivity index is 1.84. The minimum Gasteiger partial charge on any atom is -0.436 e. The molecule has 16 heteroatoms. The molecule has 0 aliphatic carbocycles. The molecule has 0 aliphatic rings. The van der Waals surface area contributed by atoms with Crippen LogP contribution in [0.15, 0.2) is 47.5 Å². The Kier molecular flexibility index (Phi) is 6.23. The number of nitrogens with zero attached hydrogens (tertiary/aromatic N) is 4. The SMILES string of the molecule is NC(=[NH2+])c1ccc(C(N)=O)c(Oc2nc(Oc3cccc(N=C(N)N)c3)nc3nc(C(F)(F)F)[nH]c23)c1. The number of ether oxygens (including phenoxy) is 2. The molecule has 0 atom stereocenters. The maximum Gasteiger partial charge on any atom is 0.449 e. The predicted molar refractivity (Wildman–Crippen MR) is 124 cm³/mol. The molecule has 0 saturated carbocycles. The smallest absolute Gasteiger partial charge is 0.436 e. The van der Waals surface area contributed by atoms with Crippen molar-refractivity contribution in [3.8, 4) is 23.4 Å². The number of halogens is 3. The van der Waals surface area contributed by atoms with Crippen LogP contribution < -0.4 is 37.8 Å². The van der Waals surface area contributed by atoms with E-state index in [0.29, 0.717) is 5.69 Å². The third-order valence-electron chi connectivity index (χ3n) is 4.64. The summed E-state index contributed by atoms with van der Waals surface area (Å²) in [6.07, 6.45) is -4.84. The topological polar surface area (TPSA) is 232 Å². The third kappa shape index (κ3) is 5.47. The lowest BCUT2D eigenvalue weighted by molar-refractivity contribution is -0.144. The van der Waals surface area contributed by atoms with E-state index in [9.17, 15) is 18.0 Å². The van der Waals surface area contributed by atoms with Crippen LogP contribution in [0.4, 0.5) is 18.9 Å². The first-order valence-electron chi connectivity index (χ1n) is 10.1. The molecule has 190 valence electrons. The molecule has 11 N–H and O–H groups in total. The first-order valence-corrected chi connectivity index (χ1v) is 10.1. The Bertz CT molecular complexity index is 1560. The number of hydrogen-bond donors (Lipinski definition) is 6. The van der Waals surface area contributed by atoms with Crippen LogP contribution >= 0.6 is 0 Å². The number of guanidine groups is 1. The summed E-state index contributed by atoms with van der Waals surface area (Å²) in [6.45, 7) is 0. The van der Waals surface area contributed by atoms with Gasteiger partial charge in [0, 0.05) is 6.07 Å². The Labute approximate surface area is 204 Å². The summed E-state index contributed by atoms with van der Waals surface area (Å²) in [7, 11) is 0. The van der Waals surface area contributed by atoms with Crippen LogP contribution in [0.2, 0.25) is 0 Å². The van der Waals surface area contributed by atoms with Crippen LogP contribution in [-0.2, 0) is 6.18 Å². The molecule has 0 fully saturated rings. The number of fused-ring (bicyclic) bond motifs is 1. The average Bonchev–Trinajstić information content (AvgIpc) is 3.24. The predicted octanol–water partition coefficient (Wildman–Crippen LogP) is 0.424. The van der Waals surface area contributed by atoms with Gasteiger partial charge >= 0.3 is 12.2 Å². The molecule has 0 unspecified atom stereocenters. The number of amides is 1. The maximum absolute atomic E-state index is 13.4. The molecule has 2 aromatic heterocycles. The highest BCUT2D eigenvalue weighted by molar-refractivity contribution is 5.99. The number of imidazole rings is 1. The van der Waals surface area contributed by atoms with Crippen molar-refractivity contribution in [2.75, 3.05) is 0 Å². The van der Waals surface area contributed by atoms with Crippen molar-refractivity contribution in [3.63, 3.8) is 0 Å². The van der Waals surface area contributed by atoms with Gasteiger partial charge in [-0.1, -0.05) is 6.07 Å². The minimum absolute atomic E-state index is 0.112. The van der Waals surface area contributed by atoms with Crippen molar-refractivity contribution in [2.24, 2.45) is 27.9 Å². The fourth-order valence-electron chi connectivity index (χ4n) is 3.07. The number of primary amides is 1. The number of carbonyl (C=O) groups is 1. The van der Waals surface area contributed by atoms with Crippen LogP contribution in [0, 0.1) is 0 Å². The number of carbonyl (C=O) groups excluding carboxylic acids is 1. The zero-order chi connectivity index (χ0) is 26.9. The summed E-state index contributed by atoms with van der Waals surface area (Å²) >= 11 is 0. The second kappa shape index (κ2) is 9.33. The molecule has 4 rings (SSSR count). The average molecular weight is 515 g/mol. The molecule has 0 spiro atoms. The van der Waals surface area contributed by atoms with Crippen LogP contribution in [0.25, 0.3) is 11.2 Å². The molecule has 1 amide bonds. The molecule has 2 aromatic carbocycles. The van der Waals surface area contributed by atoms with E-state index in [0.717, 1.165) is 0 Å². The molecule has 37 heavy (non-hydrogen) atoms. The summed E-state index contributed by atoms with van der Waals surface area (Å²) in [5.41, 5.74) is 21.5. The van der Waals surface area contributed by atoms with Crippen molar-refractivity contribution in [3.05, 3.63) is 59.4 Å². The van der Waals surface area contributed by atoms with E-state index in [1.54, 1.807) is 12.1 Å². The Hall–Kier alpha value is -5.41. The number of alkyl halides is 3. The lowest BCUT2D eigenvalue weighted by Crippen LogP contribution is -2.46. The van der Waals surface area contributed by atoms with E-state index in [4.69, 9.17) is 37.8 Å². The largest absolute Gasteiger partial charge is 0.449 e. The first kappa shape index (κ1) is 24.7. The molecular formula is C21H18F3N10O3+. The van der Waals surface area contributed by atoms with Gasteiger partial charge in [-0.25, -0.2) is 9.98 Å². The third-order valence-corrected chi connectivity index (χ3v) is 4.64. The monoisotopic (exact) mass is 515 g/mol. The Morgan fingerprint density at radius 3 is 2.41 bits per heavy atom. The number of aromatic amines is 1. The van der Waals surface area contributed by atoms with Crippen molar-refractivity contribution in [1.29, 1.82) is 0 Å². The lowest BCUT2D eigenvalue weighted by Gasteiger charge is -2.11. The minimum atomic E-state index is -4.84. The Morgan fingerprint density at radius 1 is 1.00 bits per heavy atom. The molecule has 13 nitrogen and oxygen atoms in total. The van der Waals surface area contributed by atoms with Crippen LogP contribution in [0.1, 0.15) is 21.7 Å². The highest BCUT2D eigenvalue weighted by atomic mass is 19.4. The molecule has 0 bridgehead atoms. The number of nitrogens with one attached hydrogen (secondary N) is 1. The Morgan fingerprint density at radius 2 is 1.76 bits per heavy atom. The van der Waals surface area contributed by atoms with Gasteiger partial charge in [0.2, 0.25) is 5.82 Å². The van der Waals surface area contributed by atoms with E-state index >= 15 is 0 Å². The van der Waals surface area contributed by atoms with Gasteiger partial charge in [0.15, 0.2) is 11.6 Å². The van der Waals surface area contributed by atoms with Gasteiger partial charge < -0.3 is 31.7 Å². The number of benzene rings is 2. The number of aromatic nitrogens is 4. The van der Waals surface area contributed by atoms with E-state index < -0.39 is 35.4 Å². The van der Waals surface area contributed by atoms with Crippen molar-refractivity contribution in [1.82, 2.24) is 19.9 Å². The molecular weight excluding hydrogens is 497 g/mol. The quantitative estimate of drug-likeness (QED) is 0.148. The van der Waals surface area contributed by atoms with Crippen LogP contribution in [-0.4, -0.2) is 37.6 Å². The van der Waals surface area contributed by atoms with Crippen molar-refractivity contribution >= 4 is 34.6 Å². The summed E-state index contributed by atoms with van der Waals surface area (Å²) < 4.78 is 51.4. The first-order chi connectivity index (χ1) is 17.4. The van der Waals surface area contributed by atoms with Gasteiger partial charge in [-0.15, -0.1) is 0 Å². The molecule has 2 heterocycles. The standard InChI is InChI=1S/C21H17F3N10O3/c22-21(23,24)18-31-13-16(32-18)33-20(36-10-3-1-2-9(7-10)30-19(28)29)34-17(13)37-12-6-8(14(25)26)4-5-11(12)15(27)35/h1-7H,(H3,25,26)(H2,27,35)(H4,28,29,30)(H,31,32,33,34)/p+1. The summed E-state index contributed by atoms with van der Waals surface area (Å²) in [4.78, 5) is 29.3. The van der Waals surface area contributed by atoms with Gasteiger partial charge in [-0.3, -0.25) is 15.9 Å². The van der Waals surface area contributed by atoms with Crippen LogP contribution in [0.5, 0.6) is 23.4 Å². The van der Waals surface area contributed by atoms with Crippen molar-refractivity contribution in [2.45, 2.75) is 6.18 Å². The zero-order valence-electron chi connectivity index (χ0n) is 18.6. The lowest BCUT2D eigenvalue weighted by atomic mass is 10.1. The van der Waals surface area contributed by atoms with Gasteiger partial charge in [0.25, 0.3) is 17.6 Å². The van der Waals surface area contributed by atoms with Gasteiger partial charge in [0.1, 0.15) is 17.0 Å². The number of H-pyrrole nitrogens is 1. The number of amidine groups is 1. The second-order valence-corrected chi connectivity index (χ2v) is 7.36. The van der Waals surface area contributed by atoms with E-state index in [1.807, 2.05) is 0 Å². The maximum atomic E-state index is 13.4. The highest BCUT2D eigenvalue weighted by Gasteiger charge is 2.36. The normalized spacial score (nSPS) is 11.2. The van der Waals surface area contributed by atoms with E-state index in [2.05, 4.69) is 24.9 Å². The number of nitrogens with two attached hydrogens (primary N) is 5.